The Morgan fingerprint density at radius 3 is 2.65 bits per heavy atom. The van der Waals surface area contributed by atoms with Gasteiger partial charge in [0.15, 0.2) is 0 Å². The van der Waals surface area contributed by atoms with Crippen molar-refractivity contribution in [3.8, 4) is 0 Å². The smallest absolute Gasteiger partial charge is 0.128 e. The zero-order valence-electron chi connectivity index (χ0n) is 11.7. The zero-order chi connectivity index (χ0) is 12.8. The summed E-state index contributed by atoms with van der Waals surface area (Å²) in [6.07, 6.45) is 3.09. The Kier molecular flexibility index (Phi) is 5.42. The lowest BCUT2D eigenvalue weighted by atomic mass is 10.1. The molecule has 1 N–H and O–H groups in total. The Bertz CT molecular complexity index is 336. The van der Waals surface area contributed by atoms with E-state index in [0.717, 1.165) is 18.3 Å². The normalized spacial score (nSPS) is 12.8. The van der Waals surface area contributed by atoms with E-state index in [-0.39, 0.29) is 0 Å². The van der Waals surface area contributed by atoms with Crippen LogP contribution in [0, 0.1) is 5.92 Å². The van der Waals surface area contributed by atoms with E-state index in [2.05, 4.69) is 55.2 Å². The molecule has 1 rings (SSSR count). The molecule has 3 heteroatoms. The molecule has 96 valence electrons. The fourth-order valence-electron chi connectivity index (χ4n) is 1.65. The quantitative estimate of drug-likeness (QED) is 0.822. The molecule has 0 saturated heterocycles. The van der Waals surface area contributed by atoms with Gasteiger partial charge in [0.25, 0.3) is 0 Å². The maximum Gasteiger partial charge on any atom is 0.128 e. The van der Waals surface area contributed by atoms with Gasteiger partial charge >= 0.3 is 0 Å². The Morgan fingerprint density at radius 1 is 1.35 bits per heavy atom. The first-order chi connectivity index (χ1) is 8.04. The molecule has 17 heavy (non-hydrogen) atoms. The summed E-state index contributed by atoms with van der Waals surface area (Å²) < 4.78 is 0. The highest BCUT2D eigenvalue weighted by Crippen LogP contribution is 2.17. The van der Waals surface area contributed by atoms with Crippen LogP contribution in [0.5, 0.6) is 0 Å². The van der Waals surface area contributed by atoms with Crippen molar-refractivity contribution < 1.29 is 0 Å². The molecular weight excluding hydrogens is 210 g/mol. The van der Waals surface area contributed by atoms with Gasteiger partial charge in [0.05, 0.1) is 0 Å². The summed E-state index contributed by atoms with van der Waals surface area (Å²) in [7, 11) is 4.09. The van der Waals surface area contributed by atoms with Crippen LogP contribution in [0.4, 0.5) is 5.82 Å². The van der Waals surface area contributed by atoms with Crippen molar-refractivity contribution in [2.75, 3.05) is 25.5 Å². The topological polar surface area (TPSA) is 28.2 Å². The lowest BCUT2D eigenvalue weighted by Gasteiger charge is -2.20. The second-order valence-corrected chi connectivity index (χ2v) is 5.06. The maximum atomic E-state index is 4.43. The van der Waals surface area contributed by atoms with Crippen LogP contribution >= 0.6 is 0 Å². The van der Waals surface area contributed by atoms with Crippen LogP contribution in [0.3, 0.4) is 0 Å². The van der Waals surface area contributed by atoms with Crippen LogP contribution < -0.4 is 10.2 Å². The molecule has 0 radical (unpaired) electrons. The average molecular weight is 235 g/mol. The average Bonchev–Trinajstić information content (AvgIpc) is 2.35. The summed E-state index contributed by atoms with van der Waals surface area (Å²) in [5, 5.41) is 3.25. The van der Waals surface area contributed by atoms with Crippen molar-refractivity contribution in [1.82, 2.24) is 10.3 Å². The largest absolute Gasteiger partial charge is 0.360 e. The Balaban J connectivity index is 2.70. The fourth-order valence-corrected chi connectivity index (χ4v) is 1.65. The van der Waals surface area contributed by atoms with E-state index in [1.54, 1.807) is 0 Å². The van der Waals surface area contributed by atoms with Crippen LogP contribution in [0.25, 0.3) is 0 Å². The number of nitrogens with zero attached hydrogens (tertiary/aromatic N) is 2. The van der Waals surface area contributed by atoms with E-state index < -0.39 is 0 Å². The van der Waals surface area contributed by atoms with Crippen molar-refractivity contribution >= 4 is 5.82 Å². The number of hydrogen-bond donors (Lipinski definition) is 1. The van der Waals surface area contributed by atoms with E-state index >= 15 is 0 Å². The van der Waals surface area contributed by atoms with E-state index in [4.69, 9.17) is 0 Å². The van der Waals surface area contributed by atoms with E-state index in [1.165, 1.54) is 12.0 Å². The SMILES string of the molecule is CNC(C)c1ccnc(N(C)CCC(C)C)c1. The Hall–Kier alpha value is -1.09. The fraction of sp³-hybridized carbons (Fsp3) is 0.643. The van der Waals surface area contributed by atoms with Gasteiger partial charge in [-0.3, -0.25) is 0 Å². The van der Waals surface area contributed by atoms with Crippen LogP contribution in [-0.4, -0.2) is 25.6 Å². The van der Waals surface area contributed by atoms with Gasteiger partial charge in [0.2, 0.25) is 0 Å². The third-order valence-electron chi connectivity index (χ3n) is 3.14. The standard InChI is InChI=1S/C14H25N3/c1-11(2)7-9-17(5)14-10-13(6-8-16-14)12(3)15-4/h6,8,10-12,15H,7,9H2,1-5H3. The minimum absolute atomic E-state index is 0.371. The second kappa shape index (κ2) is 6.60. The minimum atomic E-state index is 0.371. The molecular formula is C14H25N3. The molecule has 1 heterocycles. The molecule has 0 bridgehead atoms. The van der Waals surface area contributed by atoms with Gasteiger partial charge in [-0.1, -0.05) is 13.8 Å². The van der Waals surface area contributed by atoms with Gasteiger partial charge in [-0.15, -0.1) is 0 Å². The predicted molar refractivity (Wildman–Crippen MR) is 74.4 cm³/mol. The molecule has 1 aromatic rings. The number of nitrogens with one attached hydrogen (secondary N) is 1. The highest BCUT2D eigenvalue weighted by atomic mass is 15.2. The summed E-state index contributed by atoms with van der Waals surface area (Å²) in [5.74, 6) is 1.79. The molecule has 3 nitrogen and oxygen atoms in total. The number of pyridine rings is 1. The van der Waals surface area contributed by atoms with Gasteiger partial charge < -0.3 is 10.2 Å². The molecule has 1 aromatic heterocycles. The number of aromatic nitrogens is 1. The van der Waals surface area contributed by atoms with Gasteiger partial charge in [-0.2, -0.15) is 0 Å². The van der Waals surface area contributed by atoms with Crippen LogP contribution in [0.15, 0.2) is 18.3 Å². The molecule has 0 amide bonds. The van der Waals surface area contributed by atoms with Crippen molar-refractivity contribution in [3.63, 3.8) is 0 Å². The maximum absolute atomic E-state index is 4.43. The monoisotopic (exact) mass is 235 g/mol. The molecule has 1 unspecified atom stereocenters. The third kappa shape index (κ3) is 4.35. The molecule has 0 aromatic carbocycles. The summed E-state index contributed by atoms with van der Waals surface area (Å²) in [5.41, 5.74) is 1.29. The van der Waals surface area contributed by atoms with Crippen molar-refractivity contribution in [1.29, 1.82) is 0 Å². The molecule has 0 spiro atoms. The zero-order valence-corrected chi connectivity index (χ0v) is 11.7. The van der Waals surface area contributed by atoms with Crippen molar-refractivity contribution in [3.05, 3.63) is 23.9 Å². The first-order valence-corrected chi connectivity index (χ1v) is 6.39. The molecule has 0 fully saturated rings. The number of anilines is 1. The van der Waals surface area contributed by atoms with Crippen LogP contribution in [0.1, 0.15) is 38.8 Å². The summed E-state index contributed by atoms with van der Waals surface area (Å²) in [4.78, 5) is 6.66. The third-order valence-corrected chi connectivity index (χ3v) is 3.14. The van der Waals surface area contributed by atoms with Crippen LogP contribution in [0.2, 0.25) is 0 Å². The lowest BCUT2D eigenvalue weighted by Crippen LogP contribution is -2.21. The first kappa shape index (κ1) is 14.0. The van der Waals surface area contributed by atoms with Gasteiger partial charge in [-0.25, -0.2) is 4.98 Å². The van der Waals surface area contributed by atoms with E-state index in [1.807, 2.05) is 13.2 Å². The molecule has 0 aliphatic heterocycles. The lowest BCUT2D eigenvalue weighted by molar-refractivity contribution is 0.583. The highest BCUT2D eigenvalue weighted by Gasteiger charge is 2.07. The Morgan fingerprint density at radius 2 is 2.06 bits per heavy atom. The molecule has 0 aliphatic rings. The van der Waals surface area contributed by atoms with Gasteiger partial charge in [-0.05, 0) is 44.0 Å². The summed E-state index contributed by atoms with van der Waals surface area (Å²) in [6.45, 7) is 7.72. The second-order valence-electron chi connectivity index (χ2n) is 5.06. The predicted octanol–water partition coefficient (Wildman–Crippen LogP) is 2.84. The number of rotatable bonds is 6. The van der Waals surface area contributed by atoms with Gasteiger partial charge in [0, 0.05) is 25.8 Å². The number of hydrogen-bond acceptors (Lipinski definition) is 3. The molecule has 1 atom stereocenters. The first-order valence-electron chi connectivity index (χ1n) is 6.39. The van der Waals surface area contributed by atoms with E-state index in [9.17, 15) is 0 Å². The van der Waals surface area contributed by atoms with E-state index in [0.29, 0.717) is 6.04 Å². The van der Waals surface area contributed by atoms with Crippen molar-refractivity contribution in [2.24, 2.45) is 5.92 Å². The summed E-state index contributed by atoms with van der Waals surface area (Å²) >= 11 is 0. The molecule has 0 aliphatic carbocycles. The highest BCUT2D eigenvalue weighted by molar-refractivity contribution is 5.40. The van der Waals surface area contributed by atoms with Crippen LogP contribution in [-0.2, 0) is 0 Å². The van der Waals surface area contributed by atoms with Crippen molar-refractivity contribution in [2.45, 2.75) is 33.2 Å². The summed E-state index contributed by atoms with van der Waals surface area (Å²) in [6, 6.07) is 4.61. The molecule has 0 saturated carbocycles. The van der Waals surface area contributed by atoms with Gasteiger partial charge in [0.1, 0.15) is 5.82 Å². The minimum Gasteiger partial charge on any atom is -0.360 e. The Labute approximate surface area is 105 Å².